The van der Waals surface area contributed by atoms with Gasteiger partial charge < -0.3 is 15.0 Å². The molecule has 1 saturated heterocycles. The summed E-state index contributed by atoms with van der Waals surface area (Å²) in [6.45, 7) is 5.74. The first-order valence-electron chi connectivity index (χ1n) is 7.12. The minimum Gasteiger partial charge on any atom is -0.380 e. The van der Waals surface area contributed by atoms with Gasteiger partial charge in [0.2, 0.25) is 5.91 Å². The number of piperazine rings is 1. The summed E-state index contributed by atoms with van der Waals surface area (Å²) in [6.07, 6.45) is -0.143. The number of carbonyl (C=O) groups is 2. The Hall–Kier alpha value is -1.88. The lowest BCUT2D eigenvalue weighted by Gasteiger charge is -2.46. The average Bonchev–Trinajstić information content (AvgIpc) is 2.50. The van der Waals surface area contributed by atoms with E-state index in [1.165, 1.54) is 0 Å². The van der Waals surface area contributed by atoms with Crippen LogP contribution in [0.1, 0.15) is 26.3 Å². The predicted octanol–water partition coefficient (Wildman–Crippen LogP) is 1.28. The average molecular weight is 290 g/mol. The molecule has 0 radical (unpaired) electrons. The summed E-state index contributed by atoms with van der Waals surface area (Å²) in [4.78, 5) is 26.8. The Morgan fingerprint density at radius 2 is 1.95 bits per heavy atom. The molecule has 114 valence electrons. The van der Waals surface area contributed by atoms with Gasteiger partial charge in [-0.2, -0.15) is 0 Å². The zero-order valence-electron chi connectivity index (χ0n) is 12.9. The smallest absolute Gasteiger partial charge is 0.250 e. The van der Waals surface area contributed by atoms with Gasteiger partial charge in [0.15, 0.2) is 0 Å². The van der Waals surface area contributed by atoms with Crippen molar-refractivity contribution in [3.05, 3.63) is 35.9 Å². The molecular formula is C16H22N2O3. The van der Waals surface area contributed by atoms with E-state index in [0.717, 1.165) is 5.56 Å². The van der Waals surface area contributed by atoms with Crippen molar-refractivity contribution in [1.29, 1.82) is 0 Å². The molecule has 1 aromatic rings. The predicted molar refractivity (Wildman–Crippen MR) is 79.6 cm³/mol. The topological polar surface area (TPSA) is 58.6 Å². The third-order valence-electron chi connectivity index (χ3n) is 4.14. The molecule has 3 atom stereocenters. The number of amides is 2. The number of rotatable bonds is 4. The lowest BCUT2D eigenvalue weighted by Crippen LogP contribution is -2.68. The molecule has 1 aliphatic heterocycles. The third-order valence-corrected chi connectivity index (χ3v) is 4.14. The number of nitrogens with zero attached hydrogens (tertiary/aromatic N) is 1. The molecule has 0 bridgehead atoms. The highest BCUT2D eigenvalue weighted by Crippen LogP contribution is 2.32. The molecule has 3 unspecified atom stereocenters. The van der Waals surface area contributed by atoms with Gasteiger partial charge in [-0.15, -0.1) is 0 Å². The van der Waals surface area contributed by atoms with Crippen LogP contribution in [0.25, 0.3) is 0 Å². The van der Waals surface area contributed by atoms with Crippen molar-refractivity contribution in [3.8, 4) is 0 Å². The standard InChI is InChI=1S/C16H22N2O3/c1-11(21-4)10-18-14(19)12(2)17-15(20)16(18,3)13-8-6-5-7-9-13/h5-9,11-12H,10H2,1-4H3,(H,17,20). The first kappa shape index (κ1) is 15.5. The molecule has 5 heteroatoms. The second-order valence-electron chi connectivity index (χ2n) is 5.63. The maximum atomic E-state index is 12.6. The van der Waals surface area contributed by atoms with Gasteiger partial charge in [-0.3, -0.25) is 9.59 Å². The zero-order valence-corrected chi connectivity index (χ0v) is 12.9. The number of ether oxygens (including phenoxy) is 1. The van der Waals surface area contributed by atoms with Gasteiger partial charge in [0, 0.05) is 13.7 Å². The Balaban J connectivity index is 2.47. The molecule has 1 aromatic carbocycles. The monoisotopic (exact) mass is 290 g/mol. The van der Waals surface area contributed by atoms with E-state index in [1.807, 2.05) is 37.3 Å². The fourth-order valence-electron chi connectivity index (χ4n) is 2.63. The largest absolute Gasteiger partial charge is 0.380 e. The first-order chi connectivity index (χ1) is 9.91. The third kappa shape index (κ3) is 2.65. The molecular weight excluding hydrogens is 268 g/mol. The number of nitrogens with one attached hydrogen (secondary N) is 1. The highest BCUT2D eigenvalue weighted by Gasteiger charge is 2.49. The Bertz CT molecular complexity index is 532. The molecule has 5 nitrogen and oxygen atoms in total. The van der Waals surface area contributed by atoms with Crippen LogP contribution < -0.4 is 5.32 Å². The van der Waals surface area contributed by atoms with E-state index in [-0.39, 0.29) is 17.9 Å². The van der Waals surface area contributed by atoms with Gasteiger partial charge in [-0.1, -0.05) is 30.3 Å². The van der Waals surface area contributed by atoms with E-state index in [9.17, 15) is 9.59 Å². The minimum atomic E-state index is -1.02. The number of methoxy groups -OCH3 is 1. The molecule has 1 aliphatic rings. The Kier molecular flexibility index (Phi) is 4.32. The maximum Gasteiger partial charge on any atom is 0.250 e. The lowest BCUT2D eigenvalue weighted by atomic mass is 9.85. The molecule has 1 N–H and O–H groups in total. The van der Waals surface area contributed by atoms with Crippen LogP contribution in [0.3, 0.4) is 0 Å². The summed E-state index contributed by atoms with van der Waals surface area (Å²) in [7, 11) is 1.60. The van der Waals surface area contributed by atoms with Crippen molar-refractivity contribution in [1.82, 2.24) is 10.2 Å². The second kappa shape index (κ2) is 5.85. The minimum absolute atomic E-state index is 0.0927. The van der Waals surface area contributed by atoms with Crippen LogP contribution in [0, 0.1) is 0 Å². The summed E-state index contributed by atoms with van der Waals surface area (Å²) in [5, 5.41) is 2.77. The van der Waals surface area contributed by atoms with E-state index in [1.54, 1.807) is 25.9 Å². The molecule has 0 aliphatic carbocycles. The molecule has 0 spiro atoms. The molecule has 1 fully saturated rings. The fourth-order valence-corrected chi connectivity index (χ4v) is 2.63. The molecule has 2 rings (SSSR count). The van der Waals surface area contributed by atoms with Crippen LogP contribution in [0.2, 0.25) is 0 Å². The second-order valence-corrected chi connectivity index (χ2v) is 5.63. The lowest BCUT2D eigenvalue weighted by molar-refractivity contribution is -0.158. The molecule has 21 heavy (non-hydrogen) atoms. The van der Waals surface area contributed by atoms with Crippen LogP contribution in [0.15, 0.2) is 30.3 Å². The van der Waals surface area contributed by atoms with Crippen molar-refractivity contribution in [2.24, 2.45) is 0 Å². The Morgan fingerprint density at radius 3 is 2.52 bits per heavy atom. The molecule has 1 heterocycles. The summed E-state index contributed by atoms with van der Waals surface area (Å²) in [5.41, 5.74) is -0.219. The maximum absolute atomic E-state index is 12.6. The normalized spacial score (nSPS) is 27.4. The molecule has 0 aromatic heterocycles. The highest BCUT2D eigenvalue weighted by molar-refractivity contribution is 6.00. The van der Waals surface area contributed by atoms with Crippen molar-refractivity contribution in [3.63, 3.8) is 0 Å². The molecule has 2 amide bonds. The van der Waals surface area contributed by atoms with Gasteiger partial charge >= 0.3 is 0 Å². The van der Waals surface area contributed by atoms with Crippen LogP contribution in [0.4, 0.5) is 0 Å². The number of carbonyl (C=O) groups excluding carboxylic acids is 2. The van der Waals surface area contributed by atoms with Crippen molar-refractivity contribution >= 4 is 11.8 Å². The first-order valence-corrected chi connectivity index (χ1v) is 7.12. The van der Waals surface area contributed by atoms with E-state index < -0.39 is 11.6 Å². The van der Waals surface area contributed by atoms with Crippen LogP contribution in [-0.4, -0.2) is 42.5 Å². The summed E-state index contributed by atoms with van der Waals surface area (Å²) < 4.78 is 5.28. The number of benzene rings is 1. The van der Waals surface area contributed by atoms with E-state index in [0.29, 0.717) is 6.54 Å². The van der Waals surface area contributed by atoms with Gasteiger partial charge in [0.25, 0.3) is 5.91 Å². The quantitative estimate of drug-likeness (QED) is 0.909. The Labute approximate surface area is 125 Å². The molecule has 0 saturated carbocycles. The Morgan fingerprint density at radius 1 is 1.33 bits per heavy atom. The highest BCUT2D eigenvalue weighted by atomic mass is 16.5. The SMILES string of the molecule is COC(C)CN1C(=O)C(C)NC(=O)C1(C)c1ccccc1. The summed E-state index contributed by atoms with van der Waals surface area (Å²) in [6, 6.07) is 8.85. The van der Waals surface area contributed by atoms with Crippen molar-refractivity contribution < 1.29 is 14.3 Å². The van der Waals surface area contributed by atoms with E-state index >= 15 is 0 Å². The van der Waals surface area contributed by atoms with Crippen molar-refractivity contribution in [2.75, 3.05) is 13.7 Å². The van der Waals surface area contributed by atoms with E-state index in [2.05, 4.69) is 5.32 Å². The van der Waals surface area contributed by atoms with Gasteiger partial charge in [-0.05, 0) is 26.3 Å². The summed E-state index contributed by atoms with van der Waals surface area (Å²) >= 11 is 0. The van der Waals surface area contributed by atoms with Gasteiger partial charge in [-0.25, -0.2) is 0 Å². The van der Waals surface area contributed by atoms with E-state index in [4.69, 9.17) is 4.74 Å². The number of hydrogen-bond acceptors (Lipinski definition) is 3. The summed E-state index contributed by atoms with van der Waals surface area (Å²) in [5.74, 6) is -0.256. The van der Waals surface area contributed by atoms with Crippen LogP contribution in [-0.2, 0) is 19.9 Å². The van der Waals surface area contributed by atoms with Crippen LogP contribution in [0.5, 0.6) is 0 Å². The van der Waals surface area contributed by atoms with Gasteiger partial charge in [0.1, 0.15) is 11.6 Å². The number of hydrogen-bond donors (Lipinski definition) is 1. The van der Waals surface area contributed by atoms with Gasteiger partial charge in [0.05, 0.1) is 6.10 Å². The fraction of sp³-hybridized carbons (Fsp3) is 0.500. The zero-order chi connectivity index (χ0) is 15.6. The van der Waals surface area contributed by atoms with Crippen molar-refractivity contribution in [2.45, 2.75) is 38.5 Å². The van der Waals surface area contributed by atoms with Crippen LogP contribution >= 0.6 is 0 Å².